The lowest BCUT2D eigenvalue weighted by atomic mass is 10.1. The molecule has 1 aromatic carbocycles. The summed E-state index contributed by atoms with van der Waals surface area (Å²) in [6.07, 6.45) is 4.08. The van der Waals surface area contributed by atoms with Crippen molar-refractivity contribution in [3.63, 3.8) is 0 Å². The van der Waals surface area contributed by atoms with E-state index in [1.54, 1.807) is 6.08 Å². The third-order valence-corrected chi connectivity index (χ3v) is 3.03. The molecule has 2 nitrogen and oxygen atoms in total. The number of hydrogen-bond acceptors (Lipinski definition) is 2. The molecule has 16 heavy (non-hydrogen) atoms. The molecule has 0 aromatic heterocycles. The van der Waals surface area contributed by atoms with Crippen molar-refractivity contribution >= 4 is 0 Å². The second-order valence-electron chi connectivity index (χ2n) is 4.07. The lowest BCUT2D eigenvalue weighted by Crippen LogP contribution is -2.18. The number of nitrogens with one attached hydrogen (secondary N) is 1. The molecular weight excluding hydrogens is 198 g/mol. The Morgan fingerprint density at radius 2 is 2.44 bits per heavy atom. The molecule has 1 aliphatic rings. The van der Waals surface area contributed by atoms with Crippen LogP contribution in [0.1, 0.15) is 30.5 Å². The van der Waals surface area contributed by atoms with Gasteiger partial charge in [-0.15, -0.1) is 0 Å². The first-order chi connectivity index (χ1) is 7.86. The molecule has 0 saturated carbocycles. The van der Waals surface area contributed by atoms with Crippen LogP contribution >= 0.6 is 0 Å². The van der Waals surface area contributed by atoms with Crippen LogP contribution in [-0.4, -0.2) is 13.2 Å². The molecule has 0 saturated heterocycles. The van der Waals surface area contributed by atoms with Crippen LogP contribution in [0.4, 0.5) is 0 Å². The van der Waals surface area contributed by atoms with Gasteiger partial charge in [-0.25, -0.2) is 0 Å². The van der Waals surface area contributed by atoms with Crippen molar-refractivity contribution in [3.05, 3.63) is 42.0 Å². The highest BCUT2D eigenvalue weighted by atomic mass is 16.5. The minimum atomic E-state index is 0.507. The van der Waals surface area contributed by atoms with Crippen LogP contribution in [-0.2, 0) is 6.42 Å². The summed E-state index contributed by atoms with van der Waals surface area (Å²) in [5, 5.41) is 3.51. The Balaban J connectivity index is 2.21. The van der Waals surface area contributed by atoms with Gasteiger partial charge in [0.1, 0.15) is 12.4 Å². The number of benzene rings is 1. The molecule has 0 bridgehead atoms. The molecule has 86 valence electrons. The van der Waals surface area contributed by atoms with Gasteiger partial charge in [0.2, 0.25) is 0 Å². The van der Waals surface area contributed by atoms with Gasteiger partial charge in [0.05, 0.1) is 0 Å². The fourth-order valence-corrected chi connectivity index (χ4v) is 2.36. The zero-order valence-electron chi connectivity index (χ0n) is 9.83. The van der Waals surface area contributed by atoms with Gasteiger partial charge < -0.3 is 10.1 Å². The lowest BCUT2D eigenvalue weighted by Gasteiger charge is -2.13. The van der Waals surface area contributed by atoms with Crippen molar-refractivity contribution in [2.45, 2.75) is 25.8 Å². The molecule has 0 aliphatic heterocycles. The Morgan fingerprint density at radius 1 is 1.56 bits per heavy atom. The first kappa shape index (κ1) is 11.2. The molecule has 1 unspecified atom stereocenters. The number of rotatable bonds is 5. The van der Waals surface area contributed by atoms with Crippen LogP contribution in [0, 0.1) is 0 Å². The van der Waals surface area contributed by atoms with E-state index in [1.165, 1.54) is 17.5 Å². The first-order valence-electron chi connectivity index (χ1n) is 5.95. The van der Waals surface area contributed by atoms with E-state index in [9.17, 15) is 0 Å². The summed E-state index contributed by atoms with van der Waals surface area (Å²) in [7, 11) is 0. The fourth-order valence-electron chi connectivity index (χ4n) is 2.36. The summed E-state index contributed by atoms with van der Waals surface area (Å²) < 4.78 is 5.68. The largest absolute Gasteiger partial charge is 0.489 e. The zero-order chi connectivity index (χ0) is 11.4. The monoisotopic (exact) mass is 217 g/mol. The van der Waals surface area contributed by atoms with Crippen molar-refractivity contribution in [1.29, 1.82) is 0 Å². The van der Waals surface area contributed by atoms with Crippen molar-refractivity contribution in [2.75, 3.05) is 13.2 Å². The van der Waals surface area contributed by atoms with E-state index in [-0.39, 0.29) is 0 Å². The first-order valence-corrected chi connectivity index (χ1v) is 5.95. The standard InChI is InChI=1S/C14H19NO/c1-3-10-16-14-7-5-6-11-12(14)8-9-13(11)15-4-2/h3,5-7,13,15H,1,4,8-10H2,2H3. The molecule has 2 heteroatoms. The molecule has 2 rings (SSSR count). The fraction of sp³-hybridized carbons (Fsp3) is 0.429. The SMILES string of the molecule is C=CCOc1cccc2c1CCC2NCC. The Hall–Kier alpha value is -1.28. The normalized spacial score (nSPS) is 18.2. The average Bonchev–Trinajstić information content (AvgIpc) is 2.71. The third kappa shape index (κ3) is 2.12. The van der Waals surface area contributed by atoms with E-state index in [0.717, 1.165) is 18.7 Å². The molecule has 1 N–H and O–H groups in total. The smallest absolute Gasteiger partial charge is 0.123 e. The van der Waals surface area contributed by atoms with Gasteiger partial charge in [-0.2, -0.15) is 0 Å². The van der Waals surface area contributed by atoms with Crippen LogP contribution in [0.3, 0.4) is 0 Å². The van der Waals surface area contributed by atoms with Crippen LogP contribution in [0.25, 0.3) is 0 Å². The van der Waals surface area contributed by atoms with E-state index in [1.807, 2.05) is 0 Å². The van der Waals surface area contributed by atoms with Crippen molar-refractivity contribution in [2.24, 2.45) is 0 Å². The molecule has 1 atom stereocenters. The highest BCUT2D eigenvalue weighted by Gasteiger charge is 2.24. The summed E-state index contributed by atoms with van der Waals surface area (Å²) in [4.78, 5) is 0. The van der Waals surface area contributed by atoms with Crippen molar-refractivity contribution < 1.29 is 4.74 Å². The summed E-state index contributed by atoms with van der Waals surface area (Å²) in [5.41, 5.74) is 2.78. The van der Waals surface area contributed by atoms with Gasteiger partial charge in [-0.05, 0) is 36.6 Å². The number of ether oxygens (including phenoxy) is 1. The van der Waals surface area contributed by atoms with Crippen molar-refractivity contribution in [3.8, 4) is 5.75 Å². The summed E-state index contributed by atoms with van der Waals surface area (Å²) in [6, 6.07) is 6.84. The van der Waals surface area contributed by atoms with Crippen LogP contribution < -0.4 is 10.1 Å². The maximum absolute atomic E-state index is 5.68. The predicted octanol–water partition coefficient (Wildman–Crippen LogP) is 2.85. The minimum Gasteiger partial charge on any atom is -0.489 e. The highest BCUT2D eigenvalue weighted by Crippen LogP contribution is 2.36. The van der Waals surface area contributed by atoms with E-state index in [4.69, 9.17) is 4.74 Å². The molecule has 0 spiro atoms. The van der Waals surface area contributed by atoms with E-state index < -0.39 is 0 Å². The van der Waals surface area contributed by atoms with Crippen LogP contribution in [0.2, 0.25) is 0 Å². The number of hydrogen-bond donors (Lipinski definition) is 1. The molecule has 0 heterocycles. The topological polar surface area (TPSA) is 21.3 Å². The Bertz CT molecular complexity index is 373. The van der Waals surface area contributed by atoms with Gasteiger partial charge >= 0.3 is 0 Å². The Labute approximate surface area is 97.3 Å². The van der Waals surface area contributed by atoms with Gasteiger partial charge in [-0.3, -0.25) is 0 Å². The van der Waals surface area contributed by atoms with E-state index in [0.29, 0.717) is 12.6 Å². The Morgan fingerprint density at radius 3 is 3.19 bits per heavy atom. The highest BCUT2D eigenvalue weighted by molar-refractivity contribution is 5.45. The zero-order valence-corrected chi connectivity index (χ0v) is 9.83. The molecule has 1 aromatic rings. The molecular formula is C14H19NO. The average molecular weight is 217 g/mol. The summed E-state index contributed by atoms with van der Waals surface area (Å²) in [6.45, 7) is 7.43. The third-order valence-electron chi connectivity index (χ3n) is 3.03. The summed E-state index contributed by atoms with van der Waals surface area (Å²) >= 11 is 0. The molecule has 1 aliphatic carbocycles. The van der Waals surface area contributed by atoms with Crippen LogP contribution in [0.5, 0.6) is 5.75 Å². The second-order valence-corrected chi connectivity index (χ2v) is 4.07. The van der Waals surface area contributed by atoms with Gasteiger partial charge in [0, 0.05) is 6.04 Å². The molecule has 0 radical (unpaired) electrons. The van der Waals surface area contributed by atoms with Gasteiger partial charge in [0.25, 0.3) is 0 Å². The Kier molecular flexibility index (Phi) is 3.62. The van der Waals surface area contributed by atoms with E-state index >= 15 is 0 Å². The predicted molar refractivity (Wildman–Crippen MR) is 66.9 cm³/mol. The maximum Gasteiger partial charge on any atom is 0.123 e. The molecule has 0 amide bonds. The second kappa shape index (κ2) is 5.17. The van der Waals surface area contributed by atoms with Gasteiger partial charge in [0.15, 0.2) is 0 Å². The quantitative estimate of drug-likeness (QED) is 0.766. The lowest BCUT2D eigenvalue weighted by molar-refractivity contribution is 0.359. The number of fused-ring (bicyclic) bond motifs is 1. The minimum absolute atomic E-state index is 0.507. The van der Waals surface area contributed by atoms with Gasteiger partial charge in [-0.1, -0.05) is 31.7 Å². The van der Waals surface area contributed by atoms with E-state index in [2.05, 4.69) is 37.0 Å². The van der Waals surface area contributed by atoms with Crippen LogP contribution in [0.15, 0.2) is 30.9 Å². The van der Waals surface area contributed by atoms with Crippen molar-refractivity contribution in [1.82, 2.24) is 5.32 Å². The summed E-state index contributed by atoms with van der Waals surface area (Å²) in [5.74, 6) is 1.03. The molecule has 0 fully saturated rings. The maximum atomic E-state index is 5.68.